The third-order valence-electron chi connectivity index (χ3n) is 6.69. The molecule has 11 nitrogen and oxygen atoms in total. The average Bonchev–Trinajstić information content (AvgIpc) is 3.58. The van der Waals surface area contributed by atoms with Crippen LogP contribution in [0, 0.1) is 6.92 Å². The number of nitrogens with one attached hydrogen (secondary N) is 2. The van der Waals surface area contributed by atoms with Gasteiger partial charge in [0.05, 0.1) is 23.7 Å². The summed E-state index contributed by atoms with van der Waals surface area (Å²) in [5.74, 6) is 0.788. The number of sulfonamides is 1. The van der Waals surface area contributed by atoms with E-state index in [1.807, 2.05) is 17.6 Å². The van der Waals surface area contributed by atoms with Crippen LogP contribution in [0.2, 0.25) is 0 Å². The number of hydrogen-bond donors (Lipinski definition) is 2. The molecule has 0 fully saturated rings. The molecule has 0 saturated heterocycles. The van der Waals surface area contributed by atoms with E-state index in [-0.39, 0.29) is 11.4 Å². The van der Waals surface area contributed by atoms with E-state index in [9.17, 15) is 21.6 Å². The molecule has 5 heterocycles. The van der Waals surface area contributed by atoms with Crippen LogP contribution in [0.25, 0.3) is 22.5 Å². The van der Waals surface area contributed by atoms with Gasteiger partial charge in [0.1, 0.15) is 23.1 Å². The summed E-state index contributed by atoms with van der Waals surface area (Å²) in [6.07, 6.45) is 1.42. The minimum Gasteiger partial charge on any atom is -0.369 e. The molecule has 216 valence electrons. The van der Waals surface area contributed by atoms with Crippen LogP contribution in [-0.4, -0.2) is 44.3 Å². The van der Waals surface area contributed by atoms with E-state index >= 15 is 0 Å². The number of pyridine rings is 2. The molecule has 2 N–H and O–H groups in total. The first-order chi connectivity index (χ1) is 19.9. The molecule has 0 unspecified atom stereocenters. The van der Waals surface area contributed by atoms with Crippen LogP contribution < -0.4 is 15.7 Å². The van der Waals surface area contributed by atoms with E-state index < -0.39 is 27.5 Å². The Morgan fingerprint density at radius 3 is 2.69 bits per heavy atom. The average molecular weight is 596 g/mol. The Labute approximate surface area is 238 Å². The van der Waals surface area contributed by atoms with Crippen molar-refractivity contribution in [2.45, 2.75) is 25.4 Å². The molecule has 0 radical (unpaired) electrons. The van der Waals surface area contributed by atoms with Gasteiger partial charge in [-0.15, -0.1) is 0 Å². The first kappa shape index (κ1) is 27.4. The molecular weight excluding hydrogens is 571 g/mol. The Morgan fingerprint density at radius 2 is 1.93 bits per heavy atom. The summed E-state index contributed by atoms with van der Waals surface area (Å²) >= 11 is 0. The van der Waals surface area contributed by atoms with Crippen molar-refractivity contribution in [3.05, 3.63) is 83.6 Å². The maximum Gasteiger partial charge on any atom is 0.416 e. The maximum atomic E-state index is 13.1. The fourth-order valence-corrected chi connectivity index (χ4v) is 5.93. The van der Waals surface area contributed by atoms with Crippen molar-refractivity contribution >= 4 is 27.2 Å². The SMILES string of the molecule is Cc1ccc(NS(=O)(=O)Cc2cc(C(F)(F)F)ccn2)cc1-c1cc2cnc(=Nc3cnn(C)c3)nc-2n2c1NCC2. The number of anilines is 2. The van der Waals surface area contributed by atoms with E-state index in [1.54, 1.807) is 48.5 Å². The number of rotatable bonds is 6. The van der Waals surface area contributed by atoms with Gasteiger partial charge in [0.25, 0.3) is 5.62 Å². The largest absolute Gasteiger partial charge is 0.416 e. The molecule has 0 aliphatic carbocycles. The third-order valence-corrected chi connectivity index (χ3v) is 7.92. The van der Waals surface area contributed by atoms with Crippen molar-refractivity contribution < 1.29 is 21.6 Å². The second-order valence-corrected chi connectivity index (χ2v) is 11.6. The summed E-state index contributed by atoms with van der Waals surface area (Å²) in [7, 11) is -2.28. The van der Waals surface area contributed by atoms with Gasteiger partial charge >= 0.3 is 6.18 Å². The minimum absolute atomic E-state index is 0.216. The highest BCUT2D eigenvalue weighted by atomic mass is 32.2. The summed E-state index contributed by atoms with van der Waals surface area (Å²) in [4.78, 5) is 17.3. The van der Waals surface area contributed by atoms with Crippen LogP contribution in [-0.2, 0) is 35.5 Å². The highest BCUT2D eigenvalue weighted by Gasteiger charge is 2.31. The van der Waals surface area contributed by atoms with Gasteiger partial charge < -0.3 is 9.88 Å². The maximum absolute atomic E-state index is 13.1. The zero-order valence-corrected chi connectivity index (χ0v) is 23.2. The lowest BCUT2D eigenvalue weighted by molar-refractivity contribution is -0.137. The van der Waals surface area contributed by atoms with Crippen LogP contribution in [0.15, 0.2) is 66.2 Å². The predicted octanol–water partition coefficient (Wildman–Crippen LogP) is 4.11. The summed E-state index contributed by atoms with van der Waals surface area (Å²) in [5.41, 5.74) is 3.25. The molecule has 3 aliphatic heterocycles. The van der Waals surface area contributed by atoms with Gasteiger partial charge in [-0.3, -0.25) is 14.4 Å². The first-order valence-corrected chi connectivity index (χ1v) is 14.4. The molecular formula is C27H24F3N9O2S. The van der Waals surface area contributed by atoms with Crippen LogP contribution >= 0.6 is 0 Å². The molecule has 0 atom stereocenters. The number of benzene rings is 1. The molecule has 3 aromatic rings. The van der Waals surface area contributed by atoms with Crippen LogP contribution in [0.3, 0.4) is 0 Å². The Morgan fingerprint density at radius 1 is 1.10 bits per heavy atom. The molecule has 0 bridgehead atoms. The highest BCUT2D eigenvalue weighted by Crippen LogP contribution is 2.39. The van der Waals surface area contributed by atoms with E-state index in [4.69, 9.17) is 0 Å². The van der Waals surface area contributed by atoms with Gasteiger partial charge in [-0.2, -0.15) is 23.3 Å². The predicted molar refractivity (Wildman–Crippen MR) is 149 cm³/mol. The molecule has 42 heavy (non-hydrogen) atoms. The number of aromatic nitrogens is 6. The fourth-order valence-electron chi connectivity index (χ4n) is 4.82. The molecule has 0 spiro atoms. The molecule has 0 saturated carbocycles. The van der Waals surface area contributed by atoms with Gasteiger partial charge in [-0.25, -0.2) is 18.4 Å². The van der Waals surface area contributed by atoms with Crippen molar-refractivity contribution in [1.29, 1.82) is 0 Å². The Hall–Kier alpha value is -4.79. The minimum atomic E-state index is -4.60. The van der Waals surface area contributed by atoms with E-state index in [2.05, 4.69) is 35.1 Å². The van der Waals surface area contributed by atoms with Crippen LogP contribution in [0.5, 0.6) is 0 Å². The lowest BCUT2D eigenvalue weighted by atomic mass is 9.98. The summed E-state index contributed by atoms with van der Waals surface area (Å²) in [6, 6.07) is 8.54. The highest BCUT2D eigenvalue weighted by molar-refractivity contribution is 7.91. The van der Waals surface area contributed by atoms with Crippen molar-refractivity contribution in [2.75, 3.05) is 16.6 Å². The van der Waals surface area contributed by atoms with Gasteiger partial charge in [0, 0.05) is 49.3 Å². The smallest absolute Gasteiger partial charge is 0.369 e. The monoisotopic (exact) mass is 595 g/mol. The Kier molecular flexibility index (Phi) is 6.68. The standard InChI is InChI=1S/C27H24F3N9O2S/c1-16-3-4-19(37-42(40,41)15-20-10-18(5-6-31-20)27(28,29)30)11-22(16)23-9-17-12-33-26(35-21-13-34-38(2)14-21)36-24(17)39-8-7-32-25(23)39/h3-6,9-14,32,37H,7-8,15H2,1-2H3. The summed E-state index contributed by atoms with van der Waals surface area (Å²) < 4.78 is 71.2. The summed E-state index contributed by atoms with van der Waals surface area (Å²) in [6.45, 7) is 3.22. The lowest BCUT2D eigenvalue weighted by Crippen LogP contribution is -2.17. The van der Waals surface area contributed by atoms with Crippen molar-refractivity contribution in [2.24, 2.45) is 12.0 Å². The summed E-state index contributed by atoms with van der Waals surface area (Å²) in [5, 5.41) is 7.51. The first-order valence-electron chi connectivity index (χ1n) is 12.8. The Balaban J connectivity index is 1.34. The molecule has 2 aromatic heterocycles. The lowest BCUT2D eigenvalue weighted by Gasteiger charge is -2.19. The quantitative estimate of drug-likeness (QED) is 0.302. The molecule has 6 rings (SSSR count). The number of alkyl halides is 3. The number of hydrogen-bond acceptors (Lipinski definition) is 8. The Bertz CT molecular complexity index is 1970. The zero-order valence-electron chi connectivity index (χ0n) is 22.4. The molecule has 0 amide bonds. The van der Waals surface area contributed by atoms with Crippen LogP contribution in [0.4, 0.5) is 30.4 Å². The van der Waals surface area contributed by atoms with E-state index in [0.29, 0.717) is 30.2 Å². The van der Waals surface area contributed by atoms with Crippen LogP contribution in [0.1, 0.15) is 16.8 Å². The second-order valence-electron chi connectivity index (χ2n) is 9.84. The number of halogens is 3. The van der Waals surface area contributed by atoms with Crippen molar-refractivity contribution in [1.82, 2.24) is 29.3 Å². The molecule has 3 aliphatic rings. The molecule has 15 heteroatoms. The van der Waals surface area contributed by atoms with Crippen molar-refractivity contribution in [3.8, 4) is 22.5 Å². The van der Waals surface area contributed by atoms with Gasteiger partial charge in [-0.05, 0) is 48.4 Å². The van der Waals surface area contributed by atoms with Gasteiger partial charge in [0.2, 0.25) is 10.0 Å². The van der Waals surface area contributed by atoms with Crippen molar-refractivity contribution in [3.63, 3.8) is 0 Å². The molecule has 1 aromatic carbocycles. The third kappa shape index (κ3) is 5.54. The number of aryl methyl sites for hydroxylation is 2. The normalized spacial score (nSPS) is 13.8. The zero-order chi connectivity index (χ0) is 29.6. The van der Waals surface area contributed by atoms with E-state index in [0.717, 1.165) is 46.4 Å². The van der Waals surface area contributed by atoms with Gasteiger partial charge in [0.15, 0.2) is 0 Å². The second kappa shape index (κ2) is 10.2. The van der Waals surface area contributed by atoms with Gasteiger partial charge in [-0.1, -0.05) is 6.07 Å². The topological polar surface area (TPSA) is 132 Å². The number of fused-ring (bicyclic) bond motifs is 3. The van der Waals surface area contributed by atoms with E-state index in [1.165, 1.54) is 0 Å². The fraction of sp³-hybridized carbons (Fsp3) is 0.222. The number of nitrogens with zero attached hydrogens (tertiary/aromatic N) is 7.